The van der Waals surface area contributed by atoms with Crippen LogP contribution in [0.1, 0.15) is 23.1 Å². The van der Waals surface area contributed by atoms with Crippen LogP contribution in [0.25, 0.3) is 0 Å². The van der Waals surface area contributed by atoms with Gasteiger partial charge in [-0.1, -0.05) is 24.3 Å². The zero-order valence-electron chi connectivity index (χ0n) is 14.7. The molecule has 24 heavy (non-hydrogen) atoms. The van der Waals surface area contributed by atoms with Crippen molar-refractivity contribution in [3.8, 4) is 5.75 Å². The predicted octanol–water partition coefficient (Wildman–Crippen LogP) is 3.47. The van der Waals surface area contributed by atoms with Crippen molar-refractivity contribution in [2.45, 2.75) is 26.7 Å². The van der Waals surface area contributed by atoms with E-state index < -0.39 is 0 Å². The van der Waals surface area contributed by atoms with E-state index >= 15 is 0 Å². The van der Waals surface area contributed by atoms with Crippen LogP contribution in [0.4, 0.5) is 5.69 Å². The van der Waals surface area contributed by atoms with Gasteiger partial charge >= 0.3 is 0 Å². The first-order valence-corrected chi connectivity index (χ1v) is 8.30. The molecule has 0 atom stereocenters. The van der Waals surface area contributed by atoms with E-state index in [0.29, 0.717) is 19.5 Å². The maximum Gasteiger partial charge on any atom is 0.221 e. The Balaban J connectivity index is 1.69. The molecule has 2 N–H and O–H groups in total. The second-order valence-corrected chi connectivity index (χ2v) is 5.88. The van der Waals surface area contributed by atoms with Crippen LogP contribution < -0.4 is 15.4 Å². The van der Waals surface area contributed by atoms with Crippen LogP contribution in [0, 0.1) is 13.8 Å². The molecule has 4 nitrogen and oxygen atoms in total. The molecule has 0 aliphatic rings. The number of ether oxygens (including phenoxy) is 1. The van der Waals surface area contributed by atoms with E-state index in [9.17, 15) is 4.79 Å². The van der Waals surface area contributed by atoms with E-state index in [1.54, 1.807) is 7.11 Å². The van der Waals surface area contributed by atoms with Crippen LogP contribution in [0.3, 0.4) is 0 Å². The lowest BCUT2D eigenvalue weighted by Gasteiger charge is -2.11. The van der Waals surface area contributed by atoms with Crippen molar-refractivity contribution in [3.63, 3.8) is 0 Å². The number of hydrogen-bond donors (Lipinski definition) is 2. The van der Waals surface area contributed by atoms with Gasteiger partial charge in [0.1, 0.15) is 5.75 Å². The van der Waals surface area contributed by atoms with Gasteiger partial charge in [-0.3, -0.25) is 4.79 Å². The lowest BCUT2D eigenvalue weighted by Crippen LogP contribution is -2.27. The molecule has 0 aliphatic carbocycles. The summed E-state index contributed by atoms with van der Waals surface area (Å²) in [7, 11) is 1.66. The highest BCUT2D eigenvalue weighted by Crippen LogP contribution is 2.17. The summed E-state index contributed by atoms with van der Waals surface area (Å²) in [5.74, 6) is 0.909. The van der Waals surface area contributed by atoms with Gasteiger partial charge in [-0.25, -0.2) is 0 Å². The van der Waals surface area contributed by atoms with E-state index in [1.807, 2.05) is 36.4 Å². The second-order valence-electron chi connectivity index (χ2n) is 5.88. The van der Waals surface area contributed by atoms with Crippen molar-refractivity contribution in [2.24, 2.45) is 0 Å². The predicted molar refractivity (Wildman–Crippen MR) is 98.7 cm³/mol. The summed E-state index contributed by atoms with van der Waals surface area (Å²) in [5.41, 5.74) is 4.74. The van der Waals surface area contributed by atoms with E-state index in [1.165, 1.54) is 11.1 Å². The normalized spacial score (nSPS) is 10.3. The summed E-state index contributed by atoms with van der Waals surface area (Å²) in [5, 5.41) is 6.29. The first kappa shape index (κ1) is 17.9. The molecular weight excluding hydrogens is 300 g/mol. The zero-order chi connectivity index (χ0) is 17.4. The highest BCUT2D eigenvalue weighted by Gasteiger charge is 2.03. The third-order valence-electron chi connectivity index (χ3n) is 4.14. The average Bonchev–Trinajstić information content (AvgIpc) is 2.59. The number of benzene rings is 2. The Kier molecular flexibility index (Phi) is 6.67. The molecule has 2 aromatic rings. The number of anilines is 1. The molecule has 0 fully saturated rings. The molecule has 0 saturated carbocycles. The van der Waals surface area contributed by atoms with Crippen molar-refractivity contribution in [1.29, 1.82) is 0 Å². The highest BCUT2D eigenvalue weighted by molar-refractivity contribution is 5.76. The maximum absolute atomic E-state index is 11.9. The van der Waals surface area contributed by atoms with Gasteiger partial charge in [0.15, 0.2) is 0 Å². The van der Waals surface area contributed by atoms with Crippen molar-refractivity contribution in [3.05, 3.63) is 59.2 Å². The van der Waals surface area contributed by atoms with E-state index in [0.717, 1.165) is 23.4 Å². The molecule has 128 valence electrons. The fourth-order valence-electron chi connectivity index (χ4n) is 2.52. The number of methoxy groups -OCH3 is 1. The van der Waals surface area contributed by atoms with Gasteiger partial charge in [0.05, 0.1) is 7.11 Å². The Hall–Kier alpha value is -2.49. The monoisotopic (exact) mass is 326 g/mol. The molecule has 0 aliphatic heterocycles. The summed E-state index contributed by atoms with van der Waals surface area (Å²) in [6.45, 7) is 5.45. The summed E-state index contributed by atoms with van der Waals surface area (Å²) in [4.78, 5) is 11.9. The van der Waals surface area contributed by atoms with Crippen LogP contribution in [-0.2, 0) is 11.2 Å². The highest BCUT2D eigenvalue weighted by atomic mass is 16.5. The number of hydrogen-bond acceptors (Lipinski definition) is 3. The Morgan fingerprint density at radius 1 is 1.08 bits per heavy atom. The first-order chi connectivity index (χ1) is 11.6. The van der Waals surface area contributed by atoms with Crippen molar-refractivity contribution < 1.29 is 9.53 Å². The van der Waals surface area contributed by atoms with Crippen LogP contribution in [0.5, 0.6) is 5.75 Å². The quantitative estimate of drug-likeness (QED) is 0.781. The lowest BCUT2D eigenvalue weighted by atomic mass is 10.1. The fourth-order valence-corrected chi connectivity index (χ4v) is 2.52. The third kappa shape index (κ3) is 5.30. The average molecular weight is 326 g/mol. The largest absolute Gasteiger partial charge is 0.497 e. The molecule has 0 heterocycles. The number of rotatable bonds is 8. The first-order valence-electron chi connectivity index (χ1n) is 8.30. The number of amides is 1. The molecule has 2 aromatic carbocycles. The van der Waals surface area contributed by atoms with Gasteiger partial charge in [-0.05, 0) is 55.2 Å². The Labute approximate surface area is 144 Å². The summed E-state index contributed by atoms with van der Waals surface area (Å²) in [6, 6.07) is 14.1. The van der Waals surface area contributed by atoms with Crippen LogP contribution in [-0.4, -0.2) is 26.1 Å². The molecule has 0 radical (unpaired) electrons. The summed E-state index contributed by atoms with van der Waals surface area (Å²) >= 11 is 0. The van der Waals surface area contributed by atoms with Gasteiger partial charge in [0.2, 0.25) is 5.91 Å². The molecular formula is C20H26N2O2. The van der Waals surface area contributed by atoms with Gasteiger partial charge < -0.3 is 15.4 Å². The number of carbonyl (C=O) groups excluding carboxylic acids is 1. The number of nitrogens with one attached hydrogen (secondary N) is 2. The standard InChI is InChI=1S/C20H26N2O2/c1-15-6-4-9-19(16(15)2)21-13-11-20(23)22-12-10-17-7-5-8-18(14-17)24-3/h4-9,14,21H,10-13H2,1-3H3,(H,22,23). The third-order valence-corrected chi connectivity index (χ3v) is 4.14. The Bertz CT molecular complexity index is 683. The Morgan fingerprint density at radius 3 is 2.67 bits per heavy atom. The Morgan fingerprint density at radius 2 is 1.88 bits per heavy atom. The molecule has 0 spiro atoms. The van der Waals surface area contributed by atoms with E-state index in [-0.39, 0.29) is 5.91 Å². The van der Waals surface area contributed by atoms with E-state index in [2.05, 4.69) is 30.5 Å². The van der Waals surface area contributed by atoms with Crippen molar-refractivity contribution >= 4 is 11.6 Å². The molecule has 0 bridgehead atoms. The minimum Gasteiger partial charge on any atom is -0.497 e. The summed E-state index contributed by atoms with van der Waals surface area (Å²) < 4.78 is 5.20. The van der Waals surface area contributed by atoms with Crippen LogP contribution in [0.2, 0.25) is 0 Å². The molecule has 0 unspecified atom stereocenters. The van der Waals surface area contributed by atoms with Crippen LogP contribution >= 0.6 is 0 Å². The molecule has 1 amide bonds. The lowest BCUT2D eigenvalue weighted by molar-refractivity contribution is -0.120. The van der Waals surface area contributed by atoms with Gasteiger partial charge in [-0.2, -0.15) is 0 Å². The fraction of sp³-hybridized carbons (Fsp3) is 0.350. The smallest absolute Gasteiger partial charge is 0.221 e. The molecule has 0 saturated heterocycles. The SMILES string of the molecule is COc1cccc(CCNC(=O)CCNc2cccc(C)c2C)c1. The van der Waals surface area contributed by atoms with Gasteiger partial charge in [0.25, 0.3) is 0 Å². The van der Waals surface area contributed by atoms with Gasteiger partial charge in [-0.15, -0.1) is 0 Å². The summed E-state index contributed by atoms with van der Waals surface area (Å²) in [6.07, 6.45) is 1.26. The molecule has 0 aromatic heterocycles. The minimum absolute atomic E-state index is 0.0655. The van der Waals surface area contributed by atoms with Gasteiger partial charge in [0, 0.05) is 25.2 Å². The van der Waals surface area contributed by atoms with Crippen LogP contribution in [0.15, 0.2) is 42.5 Å². The molecule has 4 heteroatoms. The maximum atomic E-state index is 11.9. The minimum atomic E-state index is 0.0655. The van der Waals surface area contributed by atoms with E-state index in [4.69, 9.17) is 4.74 Å². The molecule has 2 rings (SSSR count). The number of aryl methyl sites for hydroxylation is 1. The van der Waals surface area contributed by atoms with Crippen molar-refractivity contribution in [1.82, 2.24) is 5.32 Å². The topological polar surface area (TPSA) is 50.4 Å². The van der Waals surface area contributed by atoms with Crippen molar-refractivity contribution in [2.75, 3.05) is 25.5 Å². The number of carbonyl (C=O) groups is 1. The zero-order valence-corrected chi connectivity index (χ0v) is 14.7. The second kappa shape index (κ2) is 8.96.